The van der Waals surface area contributed by atoms with Gasteiger partial charge in [-0.3, -0.25) is 4.99 Å². The third-order valence-electron chi connectivity index (χ3n) is 2.82. The lowest BCUT2D eigenvalue weighted by Crippen LogP contribution is -2.42. The van der Waals surface area contributed by atoms with Gasteiger partial charge in [0.1, 0.15) is 0 Å². The van der Waals surface area contributed by atoms with Crippen LogP contribution in [0.4, 0.5) is 13.2 Å². The molecule has 1 aromatic carbocycles. The lowest BCUT2D eigenvalue weighted by Gasteiger charge is -2.25. The van der Waals surface area contributed by atoms with E-state index in [9.17, 15) is 13.2 Å². The molecule has 1 aliphatic heterocycles. The van der Waals surface area contributed by atoms with Crippen molar-refractivity contribution in [3.8, 4) is 0 Å². The van der Waals surface area contributed by atoms with Crippen LogP contribution in [0.5, 0.6) is 0 Å². The number of nitrogens with two attached hydrogens (primary N) is 1. The molecule has 92 valence electrons. The summed E-state index contributed by atoms with van der Waals surface area (Å²) in [7, 11) is 0. The highest BCUT2D eigenvalue weighted by molar-refractivity contribution is 5.81. The molecule has 0 aromatic heterocycles. The summed E-state index contributed by atoms with van der Waals surface area (Å²) < 4.78 is 37.2. The number of nitrogens with zero attached hydrogens (tertiary/aromatic N) is 1. The van der Waals surface area contributed by atoms with Gasteiger partial charge in [0, 0.05) is 0 Å². The first-order chi connectivity index (χ1) is 7.81. The number of benzene rings is 1. The van der Waals surface area contributed by atoms with E-state index < -0.39 is 17.3 Å². The van der Waals surface area contributed by atoms with Crippen LogP contribution in [0.3, 0.4) is 0 Å². The monoisotopic (exact) mass is 243 g/mol. The van der Waals surface area contributed by atoms with Gasteiger partial charge in [-0.15, -0.1) is 0 Å². The van der Waals surface area contributed by atoms with E-state index >= 15 is 0 Å². The second kappa shape index (κ2) is 3.65. The third-order valence-corrected chi connectivity index (χ3v) is 2.82. The Morgan fingerprint density at radius 1 is 1.29 bits per heavy atom. The van der Waals surface area contributed by atoms with Crippen molar-refractivity contribution in [2.45, 2.75) is 18.6 Å². The lowest BCUT2D eigenvalue weighted by atomic mass is 9.92. The van der Waals surface area contributed by atoms with Gasteiger partial charge in [0.2, 0.25) is 0 Å². The summed E-state index contributed by atoms with van der Waals surface area (Å²) in [5, 5.41) is 2.95. The van der Waals surface area contributed by atoms with E-state index in [1.165, 1.54) is 12.1 Å². The molecule has 0 aliphatic carbocycles. The van der Waals surface area contributed by atoms with Gasteiger partial charge in [0.05, 0.1) is 17.6 Å². The lowest BCUT2D eigenvalue weighted by molar-refractivity contribution is -0.137. The Hall–Kier alpha value is -1.72. The van der Waals surface area contributed by atoms with Gasteiger partial charge in [-0.05, 0) is 24.6 Å². The van der Waals surface area contributed by atoms with Gasteiger partial charge in [0.25, 0.3) is 0 Å². The number of rotatable bonds is 1. The van der Waals surface area contributed by atoms with E-state index in [1.807, 2.05) is 6.92 Å². The summed E-state index contributed by atoms with van der Waals surface area (Å²) in [5.41, 5.74) is 5.06. The zero-order valence-corrected chi connectivity index (χ0v) is 9.17. The number of alkyl halides is 3. The molecule has 0 amide bonds. The van der Waals surface area contributed by atoms with Crippen LogP contribution in [0, 0.1) is 0 Å². The van der Waals surface area contributed by atoms with Crippen molar-refractivity contribution >= 4 is 5.96 Å². The van der Waals surface area contributed by atoms with E-state index in [4.69, 9.17) is 5.73 Å². The first-order valence-electron chi connectivity index (χ1n) is 5.07. The maximum atomic E-state index is 12.4. The van der Waals surface area contributed by atoms with Crippen molar-refractivity contribution in [1.29, 1.82) is 0 Å². The molecule has 1 aliphatic rings. The minimum Gasteiger partial charge on any atom is -0.370 e. The van der Waals surface area contributed by atoms with E-state index in [1.54, 1.807) is 0 Å². The van der Waals surface area contributed by atoms with Gasteiger partial charge in [-0.2, -0.15) is 13.2 Å². The van der Waals surface area contributed by atoms with E-state index in [2.05, 4.69) is 10.3 Å². The van der Waals surface area contributed by atoms with Crippen LogP contribution in [0.1, 0.15) is 18.1 Å². The Labute approximate surface area is 96.5 Å². The fraction of sp³-hybridized carbons (Fsp3) is 0.364. The molecule has 3 nitrogen and oxygen atoms in total. The fourth-order valence-electron chi connectivity index (χ4n) is 1.80. The molecular weight excluding hydrogens is 231 g/mol. The summed E-state index contributed by atoms with van der Waals surface area (Å²) in [6.07, 6.45) is -4.31. The molecule has 1 heterocycles. The zero-order valence-electron chi connectivity index (χ0n) is 9.17. The van der Waals surface area contributed by atoms with Gasteiger partial charge >= 0.3 is 6.18 Å². The van der Waals surface area contributed by atoms with Gasteiger partial charge < -0.3 is 11.1 Å². The van der Waals surface area contributed by atoms with Crippen molar-refractivity contribution in [3.05, 3.63) is 35.4 Å². The quantitative estimate of drug-likeness (QED) is 0.790. The minimum absolute atomic E-state index is 0.312. The highest BCUT2D eigenvalue weighted by Crippen LogP contribution is 2.31. The molecule has 0 saturated carbocycles. The highest BCUT2D eigenvalue weighted by Gasteiger charge is 2.34. The number of hydrogen-bond acceptors (Lipinski definition) is 3. The number of nitrogens with one attached hydrogen (secondary N) is 1. The largest absolute Gasteiger partial charge is 0.416 e. The summed E-state index contributed by atoms with van der Waals surface area (Å²) in [6.45, 7) is 2.27. The van der Waals surface area contributed by atoms with Gasteiger partial charge in [-0.1, -0.05) is 12.1 Å². The summed E-state index contributed by atoms with van der Waals surface area (Å²) >= 11 is 0. The van der Waals surface area contributed by atoms with E-state index in [0.29, 0.717) is 12.5 Å². The van der Waals surface area contributed by atoms with Gasteiger partial charge in [0.15, 0.2) is 5.96 Å². The Bertz CT molecular complexity index is 450. The van der Waals surface area contributed by atoms with Crippen molar-refractivity contribution in [2.75, 3.05) is 6.54 Å². The summed E-state index contributed by atoms with van der Waals surface area (Å²) in [6, 6.07) is 5.03. The van der Waals surface area contributed by atoms with Crippen LogP contribution in [-0.2, 0) is 11.7 Å². The Morgan fingerprint density at radius 2 is 1.88 bits per heavy atom. The molecule has 0 saturated heterocycles. The molecule has 17 heavy (non-hydrogen) atoms. The molecule has 3 N–H and O–H groups in total. The minimum atomic E-state index is -4.31. The van der Waals surface area contributed by atoms with Crippen molar-refractivity contribution in [3.63, 3.8) is 0 Å². The van der Waals surface area contributed by atoms with Crippen LogP contribution in [0.2, 0.25) is 0 Å². The smallest absolute Gasteiger partial charge is 0.370 e. The topological polar surface area (TPSA) is 50.4 Å². The molecule has 0 bridgehead atoms. The molecule has 6 heteroatoms. The Kier molecular flexibility index (Phi) is 2.52. The maximum Gasteiger partial charge on any atom is 0.416 e. The zero-order chi connectivity index (χ0) is 12.7. The fourth-order valence-corrected chi connectivity index (χ4v) is 1.80. The molecule has 1 aromatic rings. The third kappa shape index (κ3) is 2.20. The van der Waals surface area contributed by atoms with Crippen molar-refractivity contribution in [2.24, 2.45) is 10.7 Å². The van der Waals surface area contributed by atoms with Crippen LogP contribution in [0.25, 0.3) is 0 Å². The molecular formula is C11H12F3N3. The molecule has 1 unspecified atom stereocenters. The Balaban J connectivity index is 2.25. The highest BCUT2D eigenvalue weighted by atomic mass is 19.4. The number of aliphatic imine (C=N–C) groups is 1. The molecule has 0 radical (unpaired) electrons. The predicted octanol–water partition coefficient (Wildman–Crippen LogP) is 1.84. The Morgan fingerprint density at radius 3 is 2.29 bits per heavy atom. The predicted molar refractivity (Wildman–Crippen MR) is 58.4 cm³/mol. The van der Waals surface area contributed by atoms with Crippen molar-refractivity contribution < 1.29 is 13.2 Å². The van der Waals surface area contributed by atoms with Crippen LogP contribution in [0.15, 0.2) is 29.3 Å². The SMILES string of the molecule is CC1(c2ccc(C(F)(F)F)cc2)CN=C(N)N1. The van der Waals surface area contributed by atoms with Crippen LogP contribution < -0.4 is 11.1 Å². The summed E-state index contributed by atoms with van der Waals surface area (Å²) in [5.74, 6) is 0.312. The number of halogens is 3. The maximum absolute atomic E-state index is 12.4. The standard InChI is InChI=1S/C11H12F3N3/c1-10(6-16-9(15)17-10)7-2-4-8(5-3-7)11(12,13)14/h2-5H,6H2,1H3,(H3,15,16,17). The molecule has 0 spiro atoms. The van der Waals surface area contributed by atoms with Crippen LogP contribution in [-0.4, -0.2) is 12.5 Å². The molecule has 2 rings (SSSR count). The number of hydrogen-bond donors (Lipinski definition) is 2. The second-order valence-corrected chi connectivity index (χ2v) is 4.23. The number of guanidine groups is 1. The first kappa shape index (κ1) is 11.8. The van der Waals surface area contributed by atoms with E-state index in [0.717, 1.165) is 17.7 Å². The first-order valence-corrected chi connectivity index (χ1v) is 5.07. The van der Waals surface area contributed by atoms with Gasteiger partial charge in [-0.25, -0.2) is 0 Å². The normalized spacial score (nSPS) is 24.4. The average molecular weight is 243 g/mol. The molecule has 1 atom stereocenters. The summed E-state index contributed by atoms with van der Waals surface area (Å²) in [4.78, 5) is 4.00. The second-order valence-electron chi connectivity index (χ2n) is 4.23. The molecule has 0 fully saturated rings. The van der Waals surface area contributed by atoms with Crippen molar-refractivity contribution in [1.82, 2.24) is 5.32 Å². The average Bonchev–Trinajstić information content (AvgIpc) is 2.59. The van der Waals surface area contributed by atoms with E-state index in [-0.39, 0.29) is 0 Å². The van der Waals surface area contributed by atoms with Crippen LogP contribution >= 0.6 is 0 Å².